The molecule has 0 amide bonds. The lowest BCUT2D eigenvalue weighted by Gasteiger charge is -2.37. The number of nitrogens with zero attached hydrogens (tertiary/aromatic N) is 6. The standard InChI is InChI=1S/C23H25F4N7O3S/c1-13-28-16-5-4-14(10-17(16)33(13)11-19(24)25)15-6-9-34-20(15)21(37-2)30-22(31-34)29-18-7-8-32(38(3,35)36)12-23(18,26)27/h4-6,9-10,18-19H,7-8,11-12H2,1-3H3,(H,29,31). The number of fused-ring (bicyclic) bond motifs is 2. The maximum atomic E-state index is 14.8. The molecule has 38 heavy (non-hydrogen) atoms. The average molecular weight is 556 g/mol. The van der Waals surface area contributed by atoms with Crippen molar-refractivity contribution in [1.29, 1.82) is 0 Å². The maximum Gasteiger partial charge on any atom is 0.281 e. The molecule has 0 aliphatic carbocycles. The second kappa shape index (κ2) is 9.38. The van der Waals surface area contributed by atoms with Crippen LogP contribution in [0.2, 0.25) is 0 Å². The molecule has 0 bridgehead atoms. The first-order chi connectivity index (χ1) is 17.9. The van der Waals surface area contributed by atoms with Gasteiger partial charge < -0.3 is 14.6 Å². The number of halogens is 4. The SMILES string of the molecule is COc1nc(NC2CCN(S(C)(=O)=O)CC2(F)F)nn2ccc(-c3ccc4nc(C)n(CC(F)F)c4c3)c12. The summed E-state index contributed by atoms with van der Waals surface area (Å²) in [7, 11) is -2.37. The van der Waals surface area contributed by atoms with Gasteiger partial charge in [0.1, 0.15) is 11.3 Å². The van der Waals surface area contributed by atoms with Gasteiger partial charge in [0, 0.05) is 18.3 Å². The first-order valence-corrected chi connectivity index (χ1v) is 13.5. The second-order valence-electron chi connectivity index (χ2n) is 9.17. The zero-order valence-electron chi connectivity index (χ0n) is 20.7. The Hall–Kier alpha value is -3.46. The molecule has 1 aliphatic heterocycles. The molecule has 0 spiro atoms. The summed E-state index contributed by atoms with van der Waals surface area (Å²) in [5, 5.41) is 6.95. The number of nitrogens with one attached hydrogen (secondary N) is 1. The van der Waals surface area contributed by atoms with Gasteiger partial charge in [-0.05, 0) is 37.1 Å². The predicted molar refractivity (Wildman–Crippen MR) is 132 cm³/mol. The highest BCUT2D eigenvalue weighted by atomic mass is 32.2. The normalized spacial score (nSPS) is 18.5. The van der Waals surface area contributed by atoms with Crippen molar-refractivity contribution in [3.8, 4) is 17.0 Å². The fourth-order valence-electron chi connectivity index (χ4n) is 4.73. The predicted octanol–water partition coefficient (Wildman–Crippen LogP) is 3.41. The van der Waals surface area contributed by atoms with E-state index in [1.54, 1.807) is 37.4 Å². The van der Waals surface area contributed by atoms with Gasteiger partial charge in [0.15, 0.2) is 0 Å². The zero-order valence-corrected chi connectivity index (χ0v) is 21.5. The van der Waals surface area contributed by atoms with Crippen molar-refractivity contribution in [1.82, 2.24) is 28.5 Å². The Kier molecular flexibility index (Phi) is 6.46. The third kappa shape index (κ3) is 4.75. The molecule has 15 heteroatoms. The lowest BCUT2D eigenvalue weighted by atomic mass is 10.0. The molecule has 204 valence electrons. The Balaban J connectivity index is 1.49. The van der Waals surface area contributed by atoms with Gasteiger partial charge in [0.25, 0.3) is 12.3 Å². The van der Waals surface area contributed by atoms with E-state index in [1.165, 1.54) is 16.2 Å². The Morgan fingerprint density at radius 1 is 1.24 bits per heavy atom. The van der Waals surface area contributed by atoms with Gasteiger partial charge in [-0.3, -0.25) is 0 Å². The lowest BCUT2D eigenvalue weighted by Crippen LogP contribution is -2.55. The maximum absolute atomic E-state index is 14.8. The van der Waals surface area contributed by atoms with Crippen LogP contribution in [0, 0.1) is 6.92 Å². The van der Waals surface area contributed by atoms with Gasteiger partial charge in [0.2, 0.25) is 21.9 Å². The molecule has 10 nitrogen and oxygen atoms in total. The largest absolute Gasteiger partial charge is 0.479 e. The van der Waals surface area contributed by atoms with E-state index in [2.05, 4.69) is 20.4 Å². The number of imidazole rings is 1. The molecule has 3 aromatic heterocycles. The van der Waals surface area contributed by atoms with Crippen molar-refractivity contribution in [2.75, 3.05) is 31.8 Å². The van der Waals surface area contributed by atoms with Crippen LogP contribution in [0.25, 0.3) is 27.7 Å². The monoisotopic (exact) mass is 555 g/mol. The Bertz CT molecular complexity index is 1620. The van der Waals surface area contributed by atoms with Crippen LogP contribution in [-0.2, 0) is 16.6 Å². The van der Waals surface area contributed by atoms with Crippen molar-refractivity contribution in [3.63, 3.8) is 0 Å². The Morgan fingerprint density at radius 3 is 2.66 bits per heavy atom. The van der Waals surface area contributed by atoms with E-state index < -0.39 is 41.5 Å². The number of hydrogen-bond acceptors (Lipinski definition) is 7. The van der Waals surface area contributed by atoms with E-state index in [-0.39, 0.29) is 24.8 Å². The van der Waals surface area contributed by atoms with E-state index >= 15 is 0 Å². The number of anilines is 1. The summed E-state index contributed by atoms with van der Waals surface area (Å²) >= 11 is 0. The topological polar surface area (TPSA) is 107 Å². The summed E-state index contributed by atoms with van der Waals surface area (Å²) in [6.07, 6.45) is -0.188. The minimum absolute atomic E-state index is 0.0662. The van der Waals surface area contributed by atoms with Gasteiger partial charge >= 0.3 is 0 Å². The van der Waals surface area contributed by atoms with Gasteiger partial charge in [-0.2, -0.15) is 9.29 Å². The highest BCUT2D eigenvalue weighted by Crippen LogP contribution is 2.35. The van der Waals surface area contributed by atoms with Crippen molar-refractivity contribution < 1.29 is 30.7 Å². The summed E-state index contributed by atoms with van der Waals surface area (Å²) < 4.78 is 88.4. The van der Waals surface area contributed by atoms with Gasteiger partial charge in [-0.15, -0.1) is 5.10 Å². The molecule has 4 heterocycles. The minimum Gasteiger partial charge on any atom is -0.479 e. The summed E-state index contributed by atoms with van der Waals surface area (Å²) in [6, 6.07) is 5.61. The van der Waals surface area contributed by atoms with E-state index in [1.807, 2.05) is 0 Å². The molecule has 1 unspecified atom stereocenters. The van der Waals surface area contributed by atoms with E-state index in [0.717, 1.165) is 10.6 Å². The third-order valence-electron chi connectivity index (χ3n) is 6.58. The first-order valence-electron chi connectivity index (χ1n) is 11.7. The number of aromatic nitrogens is 5. The summed E-state index contributed by atoms with van der Waals surface area (Å²) in [4.78, 5) is 8.63. The number of hydrogen-bond donors (Lipinski definition) is 1. The summed E-state index contributed by atoms with van der Waals surface area (Å²) in [5.74, 6) is -2.90. The molecule has 1 N–H and O–H groups in total. The molecular weight excluding hydrogens is 530 g/mol. The van der Waals surface area contributed by atoms with Crippen molar-refractivity contribution in [2.45, 2.75) is 38.3 Å². The van der Waals surface area contributed by atoms with Crippen molar-refractivity contribution >= 4 is 32.5 Å². The molecule has 0 radical (unpaired) electrons. The molecule has 5 rings (SSSR count). The number of alkyl halides is 4. The molecule has 1 atom stereocenters. The fourth-order valence-corrected chi connectivity index (χ4v) is 5.58. The summed E-state index contributed by atoms with van der Waals surface area (Å²) in [6.45, 7) is 0.164. The number of methoxy groups -OCH3 is 1. The van der Waals surface area contributed by atoms with Crippen LogP contribution in [-0.4, -0.2) is 81.7 Å². The highest BCUT2D eigenvalue weighted by molar-refractivity contribution is 7.88. The molecule has 1 aliphatic rings. The minimum atomic E-state index is -3.75. The number of piperidine rings is 1. The van der Waals surface area contributed by atoms with Crippen LogP contribution in [0.5, 0.6) is 5.88 Å². The van der Waals surface area contributed by atoms with Crippen LogP contribution in [0.1, 0.15) is 12.2 Å². The van der Waals surface area contributed by atoms with Gasteiger partial charge in [-0.25, -0.2) is 35.5 Å². The van der Waals surface area contributed by atoms with Crippen LogP contribution in [0.3, 0.4) is 0 Å². The van der Waals surface area contributed by atoms with E-state index in [4.69, 9.17) is 4.74 Å². The van der Waals surface area contributed by atoms with Gasteiger partial charge in [-0.1, -0.05) is 6.07 Å². The smallest absolute Gasteiger partial charge is 0.281 e. The lowest BCUT2D eigenvalue weighted by molar-refractivity contribution is -0.0541. The van der Waals surface area contributed by atoms with E-state index in [9.17, 15) is 26.0 Å². The number of ether oxygens (including phenoxy) is 1. The third-order valence-corrected chi connectivity index (χ3v) is 7.83. The van der Waals surface area contributed by atoms with Crippen LogP contribution in [0.4, 0.5) is 23.5 Å². The fraction of sp³-hybridized carbons (Fsp3) is 0.435. The molecule has 1 saturated heterocycles. The number of sulfonamides is 1. The molecule has 1 aromatic carbocycles. The van der Waals surface area contributed by atoms with E-state index in [0.29, 0.717) is 33.5 Å². The molecule has 4 aromatic rings. The quantitative estimate of drug-likeness (QED) is 0.349. The zero-order chi connectivity index (χ0) is 27.4. The highest BCUT2D eigenvalue weighted by Gasteiger charge is 2.47. The summed E-state index contributed by atoms with van der Waals surface area (Å²) in [5.41, 5.74) is 2.89. The second-order valence-corrected chi connectivity index (χ2v) is 11.2. The number of benzene rings is 1. The molecular formula is C23H25F4N7O3S. The van der Waals surface area contributed by atoms with Crippen LogP contribution in [0.15, 0.2) is 30.5 Å². The van der Waals surface area contributed by atoms with Crippen molar-refractivity contribution in [2.24, 2.45) is 0 Å². The Morgan fingerprint density at radius 2 is 2.00 bits per heavy atom. The van der Waals surface area contributed by atoms with Crippen molar-refractivity contribution in [3.05, 3.63) is 36.3 Å². The van der Waals surface area contributed by atoms with Gasteiger partial charge in [0.05, 0.1) is 43.5 Å². The average Bonchev–Trinajstić information content (AvgIpc) is 3.39. The van der Waals surface area contributed by atoms with Crippen LogP contribution >= 0.6 is 0 Å². The molecule has 0 saturated carbocycles. The number of aryl methyl sites for hydroxylation is 1. The Labute approximate surface area is 215 Å². The molecule has 1 fully saturated rings. The van der Waals surface area contributed by atoms with Crippen LogP contribution < -0.4 is 10.1 Å². The first kappa shape index (κ1) is 26.2. The number of rotatable bonds is 7.